The highest BCUT2D eigenvalue weighted by Crippen LogP contribution is 2.07. The van der Waals surface area contributed by atoms with Gasteiger partial charge in [-0.3, -0.25) is 4.98 Å². The van der Waals surface area contributed by atoms with Gasteiger partial charge in [0.15, 0.2) is 0 Å². The largest absolute Gasteiger partial charge is 0.256 e. The van der Waals surface area contributed by atoms with Crippen molar-refractivity contribution in [3.63, 3.8) is 0 Å². The fourth-order valence-electron chi connectivity index (χ4n) is 1.28. The molecule has 0 fully saturated rings. The summed E-state index contributed by atoms with van der Waals surface area (Å²) in [5.74, 6) is 0. The first kappa shape index (κ1) is 10.5. The minimum absolute atomic E-state index is 0.667. The Balaban J connectivity index is 0.000000138. The van der Waals surface area contributed by atoms with E-state index in [4.69, 9.17) is 0 Å². The molecule has 1 aromatic carbocycles. The number of rotatable bonds is 0. The van der Waals surface area contributed by atoms with E-state index in [1.807, 2.05) is 37.5 Å². The summed E-state index contributed by atoms with van der Waals surface area (Å²) in [5, 5.41) is 10.0. The molecule has 1 aromatic heterocycles. The summed E-state index contributed by atoms with van der Waals surface area (Å²) in [6, 6.07) is 12.1. The highest BCUT2D eigenvalue weighted by molar-refractivity contribution is 5.77. The molecule has 82 valence electrons. The molecule has 2 heterocycles. The average molecular weight is 215 g/mol. The van der Waals surface area contributed by atoms with Crippen LogP contribution in [0, 0.1) is 0 Å². The Morgan fingerprint density at radius 1 is 1.19 bits per heavy atom. The Morgan fingerprint density at radius 2 is 2.00 bits per heavy atom. The lowest BCUT2D eigenvalue weighted by molar-refractivity contribution is 0.296. The number of pyridine rings is 1. The molecule has 0 bridgehead atoms. The number of hydrazine groups is 1. The second-order valence-corrected chi connectivity index (χ2v) is 3.38. The number of hydrogen-bond acceptors (Lipinski definition) is 5. The second-order valence-electron chi connectivity index (χ2n) is 3.38. The third-order valence-corrected chi connectivity index (χ3v) is 2.07. The molecule has 0 spiro atoms. The fraction of sp³-hybridized carbons (Fsp3) is 0.182. The number of hydrogen-bond donors (Lipinski definition) is 1. The topological polar surface area (TPSA) is 52.9 Å². The van der Waals surface area contributed by atoms with Crippen molar-refractivity contribution in [1.29, 1.82) is 0 Å². The van der Waals surface area contributed by atoms with Crippen LogP contribution in [0.4, 0.5) is 0 Å². The summed E-state index contributed by atoms with van der Waals surface area (Å²) in [4.78, 5) is 4.18. The van der Waals surface area contributed by atoms with E-state index in [0.29, 0.717) is 6.67 Å². The maximum atomic E-state index is 4.18. The molecule has 5 heteroatoms. The van der Waals surface area contributed by atoms with E-state index in [0.717, 1.165) is 5.52 Å². The fourth-order valence-corrected chi connectivity index (χ4v) is 1.28. The van der Waals surface area contributed by atoms with Crippen LogP contribution >= 0.6 is 0 Å². The number of para-hydroxylation sites is 1. The van der Waals surface area contributed by atoms with Gasteiger partial charge in [-0.2, -0.15) is 10.1 Å². The number of aromatic nitrogens is 1. The third kappa shape index (κ3) is 2.74. The van der Waals surface area contributed by atoms with E-state index in [1.165, 1.54) is 5.39 Å². The van der Waals surface area contributed by atoms with Gasteiger partial charge in [-0.25, -0.2) is 5.53 Å². The summed E-state index contributed by atoms with van der Waals surface area (Å²) in [7, 11) is 1.88. The summed E-state index contributed by atoms with van der Waals surface area (Å²) < 4.78 is 0. The van der Waals surface area contributed by atoms with Crippen molar-refractivity contribution in [2.75, 3.05) is 13.7 Å². The quantitative estimate of drug-likeness (QED) is 0.731. The summed E-state index contributed by atoms with van der Waals surface area (Å²) in [5.41, 5.74) is 3.67. The van der Waals surface area contributed by atoms with Gasteiger partial charge in [0, 0.05) is 18.6 Å². The van der Waals surface area contributed by atoms with E-state index in [9.17, 15) is 0 Å². The van der Waals surface area contributed by atoms with E-state index >= 15 is 0 Å². The molecule has 1 aliphatic rings. The van der Waals surface area contributed by atoms with E-state index in [2.05, 4.69) is 33.0 Å². The van der Waals surface area contributed by atoms with Crippen LogP contribution in [0.1, 0.15) is 0 Å². The summed E-state index contributed by atoms with van der Waals surface area (Å²) in [6.07, 6.45) is 1.81. The maximum absolute atomic E-state index is 4.18. The van der Waals surface area contributed by atoms with Crippen LogP contribution in [-0.2, 0) is 0 Å². The minimum atomic E-state index is 0.667. The molecule has 0 saturated heterocycles. The predicted molar refractivity (Wildman–Crippen MR) is 62.4 cm³/mol. The van der Waals surface area contributed by atoms with Gasteiger partial charge in [-0.1, -0.05) is 29.5 Å². The Bertz CT molecular complexity index is 409. The smallest absolute Gasteiger partial charge is 0.133 e. The molecule has 16 heavy (non-hydrogen) atoms. The van der Waals surface area contributed by atoms with Gasteiger partial charge in [0.1, 0.15) is 6.67 Å². The van der Waals surface area contributed by atoms with Crippen molar-refractivity contribution in [1.82, 2.24) is 15.5 Å². The first-order chi connectivity index (χ1) is 7.86. The van der Waals surface area contributed by atoms with Crippen LogP contribution in [0.5, 0.6) is 0 Å². The highest BCUT2D eigenvalue weighted by Gasteiger charge is 1.95. The molecular formula is C11H13N5. The molecule has 0 amide bonds. The summed E-state index contributed by atoms with van der Waals surface area (Å²) >= 11 is 0. The lowest BCUT2D eigenvalue weighted by atomic mass is 10.2. The Labute approximate surface area is 93.8 Å². The second kappa shape index (κ2) is 5.18. The SMILES string of the molecule is CN1CN=NN1.c1ccc2ncccc2c1. The summed E-state index contributed by atoms with van der Waals surface area (Å²) in [6.45, 7) is 0.667. The van der Waals surface area contributed by atoms with Gasteiger partial charge < -0.3 is 0 Å². The molecule has 0 saturated carbocycles. The zero-order chi connectivity index (χ0) is 11.2. The molecule has 5 nitrogen and oxygen atoms in total. The van der Waals surface area contributed by atoms with E-state index < -0.39 is 0 Å². The molecule has 0 unspecified atom stereocenters. The van der Waals surface area contributed by atoms with Gasteiger partial charge in [0.05, 0.1) is 5.52 Å². The number of fused-ring (bicyclic) bond motifs is 1. The highest BCUT2D eigenvalue weighted by atomic mass is 15.8. The minimum Gasteiger partial charge on any atom is -0.256 e. The van der Waals surface area contributed by atoms with Gasteiger partial charge >= 0.3 is 0 Å². The lowest BCUT2D eigenvalue weighted by Crippen LogP contribution is -2.23. The molecule has 1 aliphatic heterocycles. The zero-order valence-electron chi connectivity index (χ0n) is 9.04. The van der Waals surface area contributed by atoms with Crippen LogP contribution < -0.4 is 5.53 Å². The van der Waals surface area contributed by atoms with Gasteiger partial charge in [-0.05, 0) is 12.1 Å². The van der Waals surface area contributed by atoms with Crippen LogP contribution in [0.25, 0.3) is 10.9 Å². The Hall–Kier alpha value is -2.01. The molecule has 2 aromatic rings. The third-order valence-electron chi connectivity index (χ3n) is 2.07. The average Bonchev–Trinajstić information content (AvgIpc) is 2.81. The maximum Gasteiger partial charge on any atom is 0.133 e. The van der Waals surface area contributed by atoms with Crippen LogP contribution in [0.3, 0.4) is 0 Å². The molecule has 0 radical (unpaired) electrons. The molecule has 0 atom stereocenters. The molecule has 1 N–H and O–H groups in total. The van der Waals surface area contributed by atoms with Crippen molar-refractivity contribution in [2.45, 2.75) is 0 Å². The zero-order valence-corrected chi connectivity index (χ0v) is 9.04. The van der Waals surface area contributed by atoms with Crippen LogP contribution in [-0.4, -0.2) is 23.7 Å². The standard InChI is InChI=1S/C9H7N.C2H6N4/c1-2-6-9-8(4-1)5-3-7-10-9;1-6-2-3-4-5-6/h1-7H;2H2,1H3,(H,3,5). The van der Waals surface area contributed by atoms with E-state index in [-0.39, 0.29) is 0 Å². The number of nitrogens with one attached hydrogen (secondary N) is 1. The first-order valence-corrected chi connectivity index (χ1v) is 4.99. The Kier molecular flexibility index (Phi) is 3.40. The molecule has 3 rings (SSSR count). The first-order valence-electron chi connectivity index (χ1n) is 4.99. The monoisotopic (exact) mass is 215 g/mol. The number of benzene rings is 1. The normalized spacial score (nSPS) is 14.3. The van der Waals surface area contributed by atoms with Crippen molar-refractivity contribution < 1.29 is 0 Å². The lowest BCUT2D eigenvalue weighted by Gasteiger charge is -1.99. The van der Waals surface area contributed by atoms with Crippen LogP contribution in [0.2, 0.25) is 0 Å². The van der Waals surface area contributed by atoms with Crippen molar-refractivity contribution in [3.05, 3.63) is 42.6 Å². The van der Waals surface area contributed by atoms with Crippen molar-refractivity contribution >= 4 is 10.9 Å². The number of nitrogens with zero attached hydrogens (tertiary/aromatic N) is 4. The van der Waals surface area contributed by atoms with Crippen LogP contribution in [0.15, 0.2) is 52.9 Å². The van der Waals surface area contributed by atoms with Crippen molar-refractivity contribution in [3.8, 4) is 0 Å². The predicted octanol–water partition coefficient (Wildman–Crippen LogP) is 2.00. The molecular weight excluding hydrogens is 202 g/mol. The molecule has 0 aliphatic carbocycles. The Morgan fingerprint density at radius 3 is 2.62 bits per heavy atom. The van der Waals surface area contributed by atoms with Crippen molar-refractivity contribution in [2.24, 2.45) is 10.3 Å². The van der Waals surface area contributed by atoms with Gasteiger partial charge in [0.25, 0.3) is 0 Å². The van der Waals surface area contributed by atoms with Gasteiger partial charge in [0.2, 0.25) is 0 Å². The van der Waals surface area contributed by atoms with Gasteiger partial charge in [-0.15, -0.1) is 0 Å². The van der Waals surface area contributed by atoms with E-state index in [1.54, 1.807) is 5.01 Å².